The number of aryl methyl sites for hydroxylation is 2. The van der Waals surface area contributed by atoms with Gasteiger partial charge in [0.2, 0.25) is 0 Å². The Hall–Kier alpha value is -3.46. The van der Waals surface area contributed by atoms with Crippen molar-refractivity contribution in [3.05, 3.63) is 59.5 Å². The molecule has 0 atom stereocenters. The van der Waals surface area contributed by atoms with Crippen molar-refractivity contribution >= 4 is 28.7 Å². The molecular weight excluding hydrogens is 362 g/mol. The number of aromatic nitrogens is 5. The first-order valence-corrected chi connectivity index (χ1v) is 9.13. The number of anilines is 2. The summed E-state index contributed by atoms with van der Waals surface area (Å²) in [5.74, 6) is 0. The lowest BCUT2D eigenvalue weighted by molar-refractivity contribution is 0.262. The quantitative estimate of drug-likeness (QED) is 0.499. The third-order valence-corrected chi connectivity index (χ3v) is 4.71. The van der Waals surface area contributed by atoms with Crippen LogP contribution in [0.25, 0.3) is 16.4 Å². The van der Waals surface area contributed by atoms with Crippen LogP contribution in [-0.4, -0.2) is 31.0 Å². The van der Waals surface area contributed by atoms with E-state index in [1.165, 1.54) is 11.3 Å². The first kappa shape index (κ1) is 17.0. The molecular formula is C18H17N7OS. The summed E-state index contributed by atoms with van der Waals surface area (Å²) in [4.78, 5) is 16.8. The van der Waals surface area contributed by atoms with Crippen LogP contribution in [0.15, 0.2) is 48.1 Å². The number of nitrogens with zero attached hydrogens (tertiary/aromatic N) is 4. The largest absolute Gasteiger partial charge is 0.323 e. The Morgan fingerprint density at radius 3 is 2.74 bits per heavy atom. The Bertz CT molecular complexity index is 1080. The minimum Gasteiger partial charge on any atom is -0.306 e. The van der Waals surface area contributed by atoms with Crippen LogP contribution in [-0.2, 0) is 0 Å². The van der Waals surface area contributed by atoms with E-state index >= 15 is 0 Å². The molecule has 0 aliphatic carbocycles. The standard InChI is InChI=1S/C18H17N7OS/c1-11-9-12(2)25(24-11)15-6-4-3-5-13(15)21-18(26)22-14-10-20-23-16(14)17-19-7-8-27-17/h3-10H,1-2H3,(H,20,23)(H2,21,22,26). The molecule has 3 N–H and O–H groups in total. The maximum atomic E-state index is 12.6. The van der Waals surface area contributed by atoms with Gasteiger partial charge in [-0.25, -0.2) is 14.5 Å². The van der Waals surface area contributed by atoms with Crippen molar-refractivity contribution in [2.75, 3.05) is 10.6 Å². The van der Waals surface area contributed by atoms with Crippen molar-refractivity contribution in [3.8, 4) is 16.4 Å². The molecule has 0 radical (unpaired) electrons. The minimum absolute atomic E-state index is 0.372. The molecule has 1 aromatic carbocycles. The normalized spacial score (nSPS) is 10.7. The summed E-state index contributed by atoms with van der Waals surface area (Å²) in [5, 5.41) is 19.7. The van der Waals surface area contributed by atoms with E-state index in [1.807, 2.05) is 54.2 Å². The zero-order valence-electron chi connectivity index (χ0n) is 14.7. The summed E-state index contributed by atoms with van der Waals surface area (Å²) in [7, 11) is 0. The highest BCUT2D eigenvalue weighted by Crippen LogP contribution is 2.27. The predicted octanol–water partition coefficient (Wildman–Crippen LogP) is 3.98. The molecule has 0 unspecified atom stereocenters. The molecule has 4 aromatic rings. The molecule has 136 valence electrons. The summed E-state index contributed by atoms with van der Waals surface area (Å²) in [5.41, 5.74) is 4.59. The van der Waals surface area contributed by atoms with Gasteiger partial charge in [0.05, 0.1) is 29.0 Å². The van der Waals surface area contributed by atoms with Crippen LogP contribution in [0.2, 0.25) is 0 Å². The fourth-order valence-electron chi connectivity index (χ4n) is 2.80. The fraction of sp³-hybridized carbons (Fsp3) is 0.111. The number of para-hydroxylation sites is 2. The Kier molecular flexibility index (Phi) is 4.43. The van der Waals surface area contributed by atoms with E-state index < -0.39 is 0 Å². The lowest BCUT2D eigenvalue weighted by Crippen LogP contribution is -2.20. The van der Waals surface area contributed by atoms with Gasteiger partial charge in [-0.2, -0.15) is 10.2 Å². The van der Waals surface area contributed by atoms with Crippen LogP contribution in [0.1, 0.15) is 11.4 Å². The van der Waals surface area contributed by atoms with E-state index in [-0.39, 0.29) is 6.03 Å². The zero-order valence-corrected chi connectivity index (χ0v) is 15.5. The second kappa shape index (κ2) is 7.04. The topological polar surface area (TPSA) is 101 Å². The summed E-state index contributed by atoms with van der Waals surface area (Å²) in [6, 6.07) is 9.14. The molecule has 4 rings (SSSR count). The van der Waals surface area contributed by atoms with Crippen molar-refractivity contribution in [2.45, 2.75) is 13.8 Å². The Morgan fingerprint density at radius 1 is 1.19 bits per heavy atom. The monoisotopic (exact) mass is 379 g/mol. The van der Waals surface area contributed by atoms with Crippen LogP contribution < -0.4 is 10.6 Å². The molecule has 8 nitrogen and oxygen atoms in total. The number of thiazole rings is 1. The maximum absolute atomic E-state index is 12.6. The van der Waals surface area contributed by atoms with Gasteiger partial charge in [-0.15, -0.1) is 11.3 Å². The van der Waals surface area contributed by atoms with Crippen molar-refractivity contribution in [3.63, 3.8) is 0 Å². The van der Waals surface area contributed by atoms with Gasteiger partial charge in [0.1, 0.15) is 10.7 Å². The number of aromatic amines is 1. The van der Waals surface area contributed by atoms with Gasteiger partial charge in [0.25, 0.3) is 0 Å². The average molecular weight is 379 g/mol. The fourth-order valence-corrected chi connectivity index (χ4v) is 3.45. The van der Waals surface area contributed by atoms with Gasteiger partial charge in [-0.05, 0) is 32.0 Å². The zero-order chi connectivity index (χ0) is 18.8. The first-order valence-electron chi connectivity index (χ1n) is 8.26. The highest BCUT2D eigenvalue weighted by Gasteiger charge is 2.15. The smallest absolute Gasteiger partial charge is 0.306 e. The number of benzene rings is 1. The SMILES string of the molecule is Cc1cc(C)n(-c2ccccc2NC(=O)Nc2cn[nH]c2-c2nccs2)n1. The molecule has 2 amide bonds. The van der Waals surface area contributed by atoms with E-state index in [9.17, 15) is 4.79 Å². The summed E-state index contributed by atoms with van der Waals surface area (Å²) < 4.78 is 1.81. The first-order chi connectivity index (χ1) is 13.1. The van der Waals surface area contributed by atoms with E-state index in [4.69, 9.17) is 0 Å². The number of rotatable bonds is 4. The highest BCUT2D eigenvalue weighted by atomic mass is 32.1. The number of amides is 2. The second-order valence-electron chi connectivity index (χ2n) is 5.93. The Balaban J connectivity index is 1.57. The van der Waals surface area contributed by atoms with Gasteiger partial charge in [0.15, 0.2) is 0 Å². The number of carbonyl (C=O) groups excluding carboxylic acids is 1. The van der Waals surface area contributed by atoms with E-state index in [0.29, 0.717) is 17.1 Å². The summed E-state index contributed by atoms with van der Waals surface area (Å²) in [6.45, 7) is 3.91. The molecule has 0 saturated heterocycles. The molecule has 9 heteroatoms. The number of urea groups is 1. The highest BCUT2D eigenvalue weighted by molar-refractivity contribution is 7.13. The van der Waals surface area contributed by atoms with E-state index in [2.05, 4.69) is 30.9 Å². The van der Waals surface area contributed by atoms with Crippen molar-refractivity contribution < 1.29 is 4.79 Å². The number of nitrogens with one attached hydrogen (secondary N) is 3. The van der Waals surface area contributed by atoms with Crippen molar-refractivity contribution in [1.29, 1.82) is 0 Å². The minimum atomic E-state index is -0.372. The number of H-pyrrole nitrogens is 1. The van der Waals surface area contributed by atoms with Crippen LogP contribution >= 0.6 is 11.3 Å². The molecule has 0 saturated carbocycles. The third kappa shape index (κ3) is 3.44. The van der Waals surface area contributed by atoms with Crippen LogP contribution in [0, 0.1) is 13.8 Å². The van der Waals surface area contributed by atoms with Gasteiger partial charge in [-0.3, -0.25) is 5.10 Å². The molecule has 27 heavy (non-hydrogen) atoms. The van der Waals surface area contributed by atoms with Crippen molar-refractivity contribution in [1.82, 2.24) is 25.0 Å². The Labute approximate surface area is 159 Å². The molecule has 0 spiro atoms. The van der Waals surface area contributed by atoms with Crippen LogP contribution in [0.4, 0.5) is 16.2 Å². The number of carbonyl (C=O) groups is 1. The van der Waals surface area contributed by atoms with Gasteiger partial charge in [-0.1, -0.05) is 12.1 Å². The van der Waals surface area contributed by atoms with Crippen molar-refractivity contribution in [2.24, 2.45) is 0 Å². The number of hydrogen-bond donors (Lipinski definition) is 3. The van der Waals surface area contributed by atoms with Crippen LogP contribution in [0.5, 0.6) is 0 Å². The third-order valence-electron chi connectivity index (χ3n) is 3.92. The lowest BCUT2D eigenvalue weighted by atomic mass is 10.2. The molecule has 0 fully saturated rings. The Morgan fingerprint density at radius 2 is 2.00 bits per heavy atom. The van der Waals surface area contributed by atoms with Gasteiger partial charge >= 0.3 is 6.03 Å². The van der Waals surface area contributed by atoms with E-state index in [0.717, 1.165) is 22.1 Å². The molecule has 0 bridgehead atoms. The maximum Gasteiger partial charge on any atom is 0.323 e. The second-order valence-corrected chi connectivity index (χ2v) is 6.83. The predicted molar refractivity (Wildman–Crippen MR) is 105 cm³/mol. The molecule has 0 aliphatic heterocycles. The van der Waals surface area contributed by atoms with Gasteiger partial charge < -0.3 is 10.6 Å². The number of hydrogen-bond acceptors (Lipinski definition) is 5. The summed E-state index contributed by atoms with van der Waals surface area (Å²) >= 11 is 1.46. The average Bonchev–Trinajstić information content (AvgIpc) is 3.36. The van der Waals surface area contributed by atoms with Crippen LogP contribution in [0.3, 0.4) is 0 Å². The van der Waals surface area contributed by atoms with Gasteiger partial charge in [0, 0.05) is 17.3 Å². The van der Waals surface area contributed by atoms with E-state index in [1.54, 1.807) is 12.4 Å². The molecule has 3 heterocycles. The molecule has 0 aliphatic rings. The summed E-state index contributed by atoms with van der Waals surface area (Å²) in [6.07, 6.45) is 3.26. The lowest BCUT2D eigenvalue weighted by Gasteiger charge is -2.13. The molecule has 3 aromatic heterocycles.